The van der Waals surface area contributed by atoms with Crippen molar-refractivity contribution in [3.8, 4) is 5.75 Å². The number of hydrogen-bond donors (Lipinski definition) is 2. The number of aryl methyl sites for hydroxylation is 2. The minimum atomic E-state index is -0.179. The molecule has 2 aromatic rings. The monoisotopic (exact) mass is 288 g/mol. The highest BCUT2D eigenvalue weighted by atomic mass is 16.5. The third-order valence-corrected chi connectivity index (χ3v) is 3.26. The first-order valence-corrected chi connectivity index (χ1v) is 6.99. The Bertz CT molecular complexity index is 648. The van der Waals surface area contributed by atoms with Crippen LogP contribution in [0.2, 0.25) is 0 Å². The molecule has 21 heavy (non-hydrogen) atoms. The van der Waals surface area contributed by atoms with Crippen LogP contribution < -0.4 is 10.3 Å². The highest BCUT2D eigenvalue weighted by molar-refractivity contribution is 5.26. The van der Waals surface area contributed by atoms with Crippen LogP contribution in [-0.2, 0) is 12.8 Å². The average Bonchev–Trinajstić information content (AvgIpc) is 2.45. The molecule has 0 saturated carbocycles. The zero-order valence-corrected chi connectivity index (χ0v) is 12.3. The molecule has 5 heteroatoms. The molecule has 0 aliphatic heterocycles. The third-order valence-electron chi connectivity index (χ3n) is 3.26. The Morgan fingerprint density at radius 3 is 2.52 bits per heavy atom. The van der Waals surface area contributed by atoms with Crippen molar-refractivity contribution in [2.24, 2.45) is 0 Å². The van der Waals surface area contributed by atoms with Gasteiger partial charge in [-0.15, -0.1) is 0 Å². The lowest BCUT2D eigenvalue weighted by molar-refractivity contribution is 0.298. The van der Waals surface area contributed by atoms with E-state index in [4.69, 9.17) is 9.84 Å². The molecule has 0 radical (unpaired) electrons. The minimum absolute atomic E-state index is 0.0541. The summed E-state index contributed by atoms with van der Waals surface area (Å²) in [7, 11) is 0. The fraction of sp³-hybridized carbons (Fsp3) is 0.375. The fourth-order valence-electron chi connectivity index (χ4n) is 2.09. The molecule has 2 N–H and O–H groups in total. The van der Waals surface area contributed by atoms with Gasteiger partial charge in [-0.05, 0) is 26.0 Å². The van der Waals surface area contributed by atoms with E-state index < -0.39 is 0 Å². The smallest absolute Gasteiger partial charge is 0.254 e. The number of aliphatic hydroxyl groups is 1. The van der Waals surface area contributed by atoms with Gasteiger partial charge in [0.05, 0.1) is 6.61 Å². The van der Waals surface area contributed by atoms with E-state index in [2.05, 4.69) is 9.97 Å². The maximum Gasteiger partial charge on any atom is 0.254 e. The van der Waals surface area contributed by atoms with Gasteiger partial charge in [-0.25, -0.2) is 4.98 Å². The van der Waals surface area contributed by atoms with Crippen LogP contribution >= 0.6 is 0 Å². The predicted molar refractivity (Wildman–Crippen MR) is 80.8 cm³/mol. The Kier molecular flexibility index (Phi) is 5.11. The number of aromatic nitrogens is 2. The van der Waals surface area contributed by atoms with Crippen molar-refractivity contribution in [1.29, 1.82) is 0 Å². The van der Waals surface area contributed by atoms with E-state index in [1.165, 1.54) is 5.56 Å². The first-order chi connectivity index (χ1) is 10.1. The molecule has 0 spiro atoms. The number of ether oxygens (including phenoxy) is 1. The molecule has 0 aliphatic carbocycles. The number of nitrogens with one attached hydrogen (secondary N) is 1. The van der Waals surface area contributed by atoms with Crippen LogP contribution in [0.5, 0.6) is 5.75 Å². The normalized spacial score (nSPS) is 10.6. The molecule has 112 valence electrons. The van der Waals surface area contributed by atoms with E-state index in [0.717, 1.165) is 5.75 Å². The molecule has 0 bridgehead atoms. The molecule has 0 fully saturated rings. The summed E-state index contributed by atoms with van der Waals surface area (Å²) in [6, 6.07) is 7.81. The molecule has 1 aromatic heterocycles. The number of rotatable bonds is 6. The lowest BCUT2D eigenvalue weighted by Crippen LogP contribution is -2.21. The zero-order chi connectivity index (χ0) is 15.2. The molecular weight excluding hydrogens is 268 g/mol. The maximum atomic E-state index is 11.9. The second kappa shape index (κ2) is 7.04. The Morgan fingerprint density at radius 1 is 1.19 bits per heavy atom. The van der Waals surface area contributed by atoms with Gasteiger partial charge < -0.3 is 14.8 Å². The summed E-state index contributed by atoms with van der Waals surface area (Å²) in [5.41, 5.74) is 2.21. The van der Waals surface area contributed by atoms with E-state index in [1.807, 2.05) is 31.2 Å². The lowest BCUT2D eigenvalue weighted by atomic mass is 10.2. The Labute approximate surface area is 123 Å². The van der Waals surface area contributed by atoms with Gasteiger partial charge in [-0.3, -0.25) is 4.79 Å². The second-order valence-corrected chi connectivity index (χ2v) is 4.96. The van der Waals surface area contributed by atoms with E-state index in [1.54, 1.807) is 6.92 Å². The summed E-state index contributed by atoms with van der Waals surface area (Å²) in [5.74, 6) is 1.41. The van der Waals surface area contributed by atoms with Gasteiger partial charge in [0.1, 0.15) is 11.6 Å². The Hall–Kier alpha value is -2.14. The van der Waals surface area contributed by atoms with Crippen LogP contribution in [0.1, 0.15) is 22.6 Å². The van der Waals surface area contributed by atoms with Crippen LogP contribution in [0, 0.1) is 13.8 Å². The highest BCUT2D eigenvalue weighted by Gasteiger charge is 2.07. The Balaban J connectivity index is 1.97. The largest absolute Gasteiger partial charge is 0.493 e. The zero-order valence-electron chi connectivity index (χ0n) is 12.3. The molecular formula is C16H20N2O3. The third kappa shape index (κ3) is 4.16. The summed E-state index contributed by atoms with van der Waals surface area (Å²) < 4.78 is 5.62. The molecule has 0 saturated heterocycles. The van der Waals surface area contributed by atoms with Crippen molar-refractivity contribution in [2.75, 3.05) is 13.2 Å². The molecule has 5 nitrogen and oxygen atoms in total. The minimum Gasteiger partial charge on any atom is -0.493 e. The fourth-order valence-corrected chi connectivity index (χ4v) is 2.09. The molecule has 0 aliphatic rings. The van der Waals surface area contributed by atoms with Crippen molar-refractivity contribution in [3.63, 3.8) is 0 Å². The van der Waals surface area contributed by atoms with E-state index >= 15 is 0 Å². The van der Waals surface area contributed by atoms with Gasteiger partial charge >= 0.3 is 0 Å². The number of hydrogen-bond acceptors (Lipinski definition) is 4. The van der Waals surface area contributed by atoms with Gasteiger partial charge in [0.2, 0.25) is 0 Å². The molecule has 0 amide bonds. The van der Waals surface area contributed by atoms with Crippen molar-refractivity contribution in [1.82, 2.24) is 9.97 Å². The van der Waals surface area contributed by atoms with Crippen LogP contribution in [0.15, 0.2) is 29.1 Å². The summed E-state index contributed by atoms with van der Waals surface area (Å²) >= 11 is 0. The van der Waals surface area contributed by atoms with Gasteiger partial charge in [-0.2, -0.15) is 0 Å². The van der Waals surface area contributed by atoms with Gasteiger partial charge in [0.15, 0.2) is 0 Å². The van der Waals surface area contributed by atoms with Gasteiger partial charge in [0.25, 0.3) is 5.56 Å². The summed E-state index contributed by atoms with van der Waals surface area (Å²) in [6.07, 6.45) is 0.859. The van der Waals surface area contributed by atoms with Crippen LogP contribution in [-0.4, -0.2) is 28.3 Å². The van der Waals surface area contributed by atoms with Crippen molar-refractivity contribution in [2.45, 2.75) is 26.7 Å². The van der Waals surface area contributed by atoms with E-state index in [-0.39, 0.29) is 12.2 Å². The van der Waals surface area contributed by atoms with E-state index in [0.29, 0.717) is 36.5 Å². The highest BCUT2D eigenvalue weighted by Crippen LogP contribution is 2.11. The van der Waals surface area contributed by atoms with E-state index in [9.17, 15) is 4.79 Å². The van der Waals surface area contributed by atoms with Gasteiger partial charge in [0, 0.05) is 30.7 Å². The standard InChI is InChI=1S/C16H20N2O3/c1-11-3-5-13(6-4-11)21-10-8-15-17-12(2)14(7-9-19)16(20)18-15/h3-6,19H,7-10H2,1-2H3,(H,17,18,20). The topological polar surface area (TPSA) is 75.2 Å². The van der Waals surface area contributed by atoms with Crippen molar-refractivity contribution >= 4 is 0 Å². The Morgan fingerprint density at radius 2 is 1.90 bits per heavy atom. The average molecular weight is 288 g/mol. The first kappa shape index (κ1) is 15.3. The molecule has 0 unspecified atom stereocenters. The number of nitrogens with zero attached hydrogens (tertiary/aromatic N) is 1. The van der Waals surface area contributed by atoms with Crippen molar-refractivity contribution in [3.05, 3.63) is 57.3 Å². The predicted octanol–water partition coefficient (Wildman–Crippen LogP) is 1.54. The van der Waals surface area contributed by atoms with Crippen molar-refractivity contribution < 1.29 is 9.84 Å². The molecule has 0 atom stereocenters. The number of aliphatic hydroxyl groups excluding tert-OH is 1. The van der Waals surface area contributed by atoms with Crippen LogP contribution in [0.25, 0.3) is 0 Å². The van der Waals surface area contributed by atoms with Gasteiger partial charge in [-0.1, -0.05) is 17.7 Å². The molecule has 1 aromatic carbocycles. The maximum absolute atomic E-state index is 11.9. The molecule has 2 rings (SSSR count). The number of H-pyrrole nitrogens is 1. The first-order valence-electron chi connectivity index (χ1n) is 6.99. The van der Waals surface area contributed by atoms with Crippen LogP contribution in [0.3, 0.4) is 0 Å². The number of aromatic amines is 1. The number of benzene rings is 1. The quantitative estimate of drug-likeness (QED) is 0.845. The van der Waals surface area contributed by atoms with Crippen LogP contribution in [0.4, 0.5) is 0 Å². The SMILES string of the molecule is Cc1ccc(OCCc2nc(C)c(CCO)c(=O)[nH]2)cc1. The summed E-state index contributed by atoms with van der Waals surface area (Å²) in [4.78, 5) is 19.0. The lowest BCUT2D eigenvalue weighted by Gasteiger charge is -2.08. The second-order valence-electron chi connectivity index (χ2n) is 4.96. The molecule has 1 heterocycles. The summed E-state index contributed by atoms with van der Waals surface area (Å²) in [6.45, 7) is 4.20. The summed E-state index contributed by atoms with van der Waals surface area (Å²) in [5, 5.41) is 8.92.